The number of likely N-dealkylation sites (tertiary alicyclic amines) is 1. The van der Waals surface area contributed by atoms with Crippen molar-refractivity contribution < 1.29 is 0 Å². The van der Waals surface area contributed by atoms with Crippen LogP contribution in [0.25, 0.3) is 0 Å². The van der Waals surface area contributed by atoms with Gasteiger partial charge in [-0.25, -0.2) is 9.97 Å². The van der Waals surface area contributed by atoms with Crippen molar-refractivity contribution in [1.82, 2.24) is 29.7 Å². The smallest absolute Gasteiger partial charge is 0.193 e. The van der Waals surface area contributed by atoms with Crippen LogP contribution in [0.3, 0.4) is 0 Å². The lowest BCUT2D eigenvalue weighted by atomic mass is 9.93. The molecule has 2 aromatic heterocycles. The highest BCUT2D eigenvalue weighted by Gasteiger charge is 2.28. The van der Waals surface area contributed by atoms with Crippen molar-refractivity contribution in [2.75, 3.05) is 58.3 Å². The number of rotatable bonds is 4. The quantitative estimate of drug-likeness (QED) is 0.611. The molecule has 0 aliphatic carbocycles. The van der Waals surface area contributed by atoms with Crippen molar-refractivity contribution in [2.24, 2.45) is 10.9 Å². The molecule has 0 spiro atoms. The molecular weight excluding hydrogens is 376 g/mol. The number of hydrogen-bond donors (Lipinski definition) is 1. The Hall–Kier alpha value is -2.61. The Morgan fingerprint density at radius 3 is 2.70 bits per heavy atom. The molecule has 2 aliphatic rings. The zero-order chi connectivity index (χ0) is 20.9. The van der Waals surface area contributed by atoms with Gasteiger partial charge in [0.05, 0.1) is 12.4 Å². The summed E-state index contributed by atoms with van der Waals surface area (Å²) >= 11 is 0. The summed E-state index contributed by atoms with van der Waals surface area (Å²) < 4.78 is 2.23. The summed E-state index contributed by atoms with van der Waals surface area (Å²) in [6.45, 7) is 9.28. The molecule has 0 saturated carbocycles. The predicted octanol–water partition coefficient (Wildman–Crippen LogP) is 1.69. The van der Waals surface area contributed by atoms with E-state index >= 15 is 0 Å². The van der Waals surface area contributed by atoms with Crippen molar-refractivity contribution in [3.63, 3.8) is 0 Å². The van der Waals surface area contributed by atoms with Gasteiger partial charge in [-0.15, -0.1) is 0 Å². The van der Waals surface area contributed by atoms with E-state index in [0.29, 0.717) is 12.0 Å². The van der Waals surface area contributed by atoms with E-state index in [-0.39, 0.29) is 0 Å². The number of imidazole rings is 1. The number of likely N-dealkylation sites (N-methyl/N-ethyl adjacent to an activating group) is 1. The topological polar surface area (TPSA) is 64.8 Å². The molecular formula is C22H34N8. The highest BCUT2D eigenvalue weighted by atomic mass is 15.3. The summed E-state index contributed by atoms with van der Waals surface area (Å²) in [6.07, 6.45) is 8.98. The molecule has 0 bridgehead atoms. The van der Waals surface area contributed by atoms with E-state index in [1.165, 1.54) is 5.56 Å². The first-order chi connectivity index (χ1) is 14.6. The third kappa shape index (κ3) is 4.75. The number of guanidine groups is 1. The van der Waals surface area contributed by atoms with Gasteiger partial charge in [-0.3, -0.25) is 4.99 Å². The van der Waals surface area contributed by atoms with Crippen LogP contribution in [-0.4, -0.2) is 83.7 Å². The molecule has 0 radical (unpaired) electrons. The molecule has 2 saturated heterocycles. The Morgan fingerprint density at radius 2 is 2.03 bits per heavy atom. The summed E-state index contributed by atoms with van der Waals surface area (Å²) in [5.41, 5.74) is 1.17. The zero-order valence-corrected chi connectivity index (χ0v) is 18.4. The van der Waals surface area contributed by atoms with Gasteiger partial charge in [0.15, 0.2) is 5.96 Å². The minimum atomic E-state index is 0.421. The number of piperazine rings is 1. The third-order valence-electron chi connectivity index (χ3n) is 6.42. The largest absolute Gasteiger partial charge is 0.354 e. The summed E-state index contributed by atoms with van der Waals surface area (Å²) in [6, 6.07) is 4.74. The first kappa shape index (κ1) is 20.7. The lowest BCUT2D eigenvalue weighted by molar-refractivity contribution is 0.189. The van der Waals surface area contributed by atoms with Crippen molar-refractivity contribution in [1.29, 1.82) is 0 Å². The van der Waals surface area contributed by atoms with Crippen LogP contribution in [0.4, 0.5) is 5.82 Å². The van der Waals surface area contributed by atoms with Gasteiger partial charge in [-0.05, 0) is 31.0 Å². The second-order valence-corrected chi connectivity index (χ2v) is 8.50. The first-order valence-electron chi connectivity index (χ1n) is 11.0. The highest BCUT2D eigenvalue weighted by molar-refractivity contribution is 5.80. The number of aliphatic imine (C=N–C) groups is 1. The fraction of sp³-hybridized carbons (Fsp3) is 0.591. The molecule has 8 heteroatoms. The van der Waals surface area contributed by atoms with Gasteiger partial charge in [0.1, 0.15) is 5.82 Å². The summed E-state index contributed by atoms with van der Waals surface area (Å²) in [5.74, 6) is 2.65. The lowest BCUT2D eigenvalue weighted by Gasteiger charge is -2.39. The van der Waals surface area contributed by atoms with E-state index in [1.54, 1.807) is 0 Å². The molecule has 2 unspecified atom stereocenters. The zero-order valence-electron chi connectivity index (χ0n) is 18.4. The molecule has 0 aromatic carbocycles. The van der Waals surface area contributed by atoms with Crippen LogP contribution in [0, 0.1) is 5.92 Å². The first-order valence-corrected chi connectivity index (χ1v) is 11.0. The van der Waals surface area contributed by atoms with Crippen molar-refractivity contribution in [2.45, 2.75) is 25.9 Å². The van der Waals surface area contributed by atoms with E-state index in [9.17, 15) is 0 Å². The van der Waals surface area contributed by atoms with Crippen molar-refractivity contribution >= 4 is 11.8 Å². The Morgan fingerprint density at radius 1 is 1.20 bits per heavy atom. The molecule has 2 aliphatic heterocycles. The Labute approximate surface area is 179 Å². The molecule has 0 amide bonds. The van der Waals surface area contributed by atoms with E-state index in [1.807, 2.05) is 25.8 Å². The number of pyridine rings is 1. The van der Waals surface area contributed by atoms with Gasteiger partial charge in [-0.1, -0.05) is 13.0 Å². The second kappa shape index (κ2) is 9.47. The molecule has 30 heavy (non-hydrogen) atoms. The van der Waals surface area contributed by atoms with E-state index in [4.69, 9.17) is 4.98 Å². The number of aromatic nitrogens is 3. The Bertz CT molecular complexity index is 808. The highest BCUT2D eigenvalue weighted by Crippen LogP contribution is 2.27. The van der Waals surface area contributed by atoms with Crippen LogP contribution in [0.1, 0.15) is 24.9 Å². The predicted molar refractivity (Wildman–Crippen MR) is 121 cm³/mol. The van der Waals surface area contributed by atoms with Crippen molar-refractivity contribution in [3.05, 3.63) is 42.6 Å². The molecule has 4 heterocycles. The summed E-state index contributed by atoms with van der Waals surface area (Å²) in [4.78, 5) is 20.6. The number of nitrogens with zero attached hydrogens (tertiary/aromatic N) is 7. The fourth-order valence-corrected chi connectivity index (χ4v) is 4.35. The van der Waals surface area contributed by atoms with Crippen LogP contribution in [-0.2, 0) is 6.54 Å². The van der Waals surface area contributed by atoms with Crippen molar-refractivity contribution in [3.8, 4) is 0 Å². The molecule has 2 fully saturated rings. The number of anilines is 1. The van der Waals surface area contributed by atoms with Crippen LogP contribution >= 0.6 is 0 Å². The molecule has 162 valence electrons. The maximum absolute atomic E-state index is 4.70. The fourth-order valence-electron chi connectivity index (χ4n) is 4.35. The maximum Gasteiger partial charge on any atom is 0.193 e. The van der Waals surface area contributed by atoms with Gasteiger partial charge in [0, 0.05) is 71.5 Å². The van der Waals surface area contributed by atoms with Gasteiger partial charge in [0.25, 0.3) is 0 Å². The maximum atomic E-state index is 4.70. The molecule has 1 N–H and O–H groups in total. The monoisotopic (exact) mass is 410 g/mol. The van der Waals surface area contributed by atoms with E-state index < -0.39 is 0 Å². The SMILES string of the molecule is CN=C(NCc1ccc(N2CCN(C)CC2)nc1)N1CCC(C)C(n2ccnc2)C1. The number of hydrogen-bond acceptors (Lipinski definition) is 5. The van der Waals surface area contributed by atoms with E-state index in [2.05, 4.69) is 66.9 Å². The third-order valence-corrected chi connectivity index (χ3v) is 6.42. The summed E-state index contributed by atoms with van der Waals surface area (Å²) in [5, 5.41) is 3.53. The number of nitrogens with one attached hydrogen (secondary N) is 1. The van der Waals surface area contributed by atoms with Crippen LogP contribution in [0.2, 0.25) is 0 Å². The Kier molecular flexibility index (Phi) is 6.52. The van der Waals surface area contributed by atoms with Gasteiger partial charge in [-0.2, -0.15) is 0 Å². The molecule has 2 atom stereocenters. The minimum absolute atomic E-state index is 0.421. The average molecular weight is 411 g/mol. The van der Waals surface area contributed by atoms with Crippen LogP contribution < -0.4 is 10.2 Å². The second-order valence-electron chi connectivity index (χ2n) is 8.50. The standard InChI is InChI=1S/C22H34N8/c1-18-6-8-29(16-20(18)30-9-7-24-17-30)22(23-2)26-15-19-4-5-21(25-14-19)28-12-10-27(3)11-13-28/h4-5,7,9,14,17-18,20H,6,8,10-13,15-16H2,1-3H3,(H,23,26). The normalized spacial score (nSPS) is 23.6. The molecule has 8 nitrogen and oxygen atoms in total. The van der Waals surface area contributed by atoms with E-state index in [0.717, 1.165) is 64.0 Å². The Balaban J connectivity index is 1.33. The molecule has 2 aromatic rings. The lowest BCUT2D eigenvalue weighted by Crippen LogP contribution is -2.48. The van der Waals surface area contributed by atoms with Gasteiger partial charge < -0.3 is 24.6 Å². The molecule has 4 rings (SSSR count). The minimum Gasteiger partial charge on any atom is -0.354 e. The van der Waals surface area contributed by atoms with Gasteiger partial charge in [0.2, 0.25) is 0 Å². The number of piperidine rings is 1. The van der Waals surface area contributed by atoms with Gasteiger partial charge >= 0.3 is 0 Å². The average Bonchev–Trinajstić information content (AvgIpc) is 3.31. The van der Waals surface area contributed by atoms with Crippen LogP contribution in [0.15, 0.2) is 42.0 Å². The summed E-state index contributed by atoms with van der Waals surface area (Å²) in [7, 11) is 4.04. The van der Waals surface area contributed by atoms with Crippen LogP contribution in [0.5, 0.6) is 0 Å².